The molecule has 18 heavy (non-hydrogen) atoms. The molecular formula is C17H19N. The Kier molecular flexibility index (Phi) is 4.32. The fourth-order valence-corrected chi connectivity index (χ4v) is 1.94. The highest BCUT2D eigenvalue weighted by atomic mass is 14.6. The molecule has 1 heteroatoms. The van der Waals surface area contributed by atoms with Gasteiger partial charge in [-0.05, 0) is 30.0 Å². The van der Waals surface area contributed by atoms with Gasteiger partial charge < -0.3 is 5.73 Å². The minimum Gasteiger partial charge on any atom is -0.328 e. The van der Waals surface area contributed by atoms with E-state index in [4.69, 9.17) is 5.73 Å². The maximum absolute atomic E-state index is 5.85. The summed E-state index contributed by atoms with van der Waals surface area (Å²) in [5.41, 5.74) is 9.59. The van der Waals surface area contributed by atoms with Crippen molar-refractivity contribution >= 4 is 5.57 Å². The summed E-state index contributed by atoms with van der Waals surface area (Å²) in [6.07, 6.45) is 3.12. The molecule has 2 N–H and O–H groups in total. The van der Waals surface area contributed by atoms with Crippen molar-refractivity contribution < 1.29 is 0 Å². The molecule has 1 unspecified atom stereocenters. The SMILES string of the molecule is CC(N)CC=C(c1ccccc1)c1ccccc1. The quantitative estimate of drug-likeness (QED) is 0.858. The molecule has 2 rings (SSSR count). The van der Waals surface area contributed by atoms with Crippen LogP contribution in [-0.2, 0) is 0 Å². The van der Waals surface area contributed by atoms with Crippen LogP contribution in [-0.4, -0.2) is 6.04 Å². The van der Waals surface area contributed by atoms with Gasteiger partial charge in [0.1, 0.15) is 0 Å². The first-order valence-electron chi connectivity index (χ1n) is 6.34. The summed E-state index contributed by atoms with van der Waals surface area (Å²) in [6.45, 7) is 2.03. The molecule has 2 aromatic rings. The highest BCUT2D eigenvalue weighted by molar-refractivity contribution is 5.79. The molecule has 1 atom stereocenters. The van der Waals surface area contributed by atoms with Gasteiger partial charge in [-0.1, -0.05) is 66.7 Å². The number of benzene rings is 2. The van der Waals surface area contributed by atoms with Gasteiger partial charge in [0.05, 0.1) is 0 Å². The van der Waals surface area contributed by atoms with E-state index in [1.807, 2.05) is 19.1 Å². The van der Waals surface area contributed by atoms with Crippen molar-refractivity contribution in [2.75, 3.05) is 0 Å². The van der Waals surface area contributed by atoms with Gasteiger partial charge in [0.25, 0.3) is 0 Å². The molecule has 0 amide bonds. The Bertz CT molecular complexity index is 456. The smallest absolute Gasteiger partial charge is 0.00453 e. The van der Waals surface area contributed by atoms with E-state index in [1.54, 1.807) is 0 Å². The summed E-state index contributed by atoms with van der Waals surface area (Å²) in [5, 5.41) is 0. The molecule has 0 bridgehead atoms. The zero-order valence-electron chi connectivity index (χ0n) is 10.7. The Morgan fingerprint density at radius 2 is 1.39 bits per heavy atom. The average molecular weight is 237 g/mol. The maximum Gasteiger partial charge on any atom is 0.00453 e. The molecule has 1 nitrogen and oxygen atoms in total. The van der Waals surface area contributed by atoms with E-state index in [-0.39, 0.29) is 6.04 Å². The monoisotopic (exact) mass is 237 g/mol. The van der Waals surface area contributed by atoms with Crippen LogP contribution in [0.15, 0.2) is 66.7 Å². The Labute approximate surface area is 109 Å². The van der Waals surface area contributed by atoms with Crippen LogP contribution in [0.3, 0.4) is 0 Å². The number of rotatable bonds is 4. The minimum absolute atomic E-state index is 0.187. The van der Waals surface area contributed by atoms with E-state index >= 15 is 0 Å². The molecule has 92 valence electrons. The fraction of sp³-hybridized carbons (Fsp3) is 0.176. The van der Waals surface area contributed by atoms with Gasteiger partial charge in [-0.25, -0.2) is 0 Å². The second kappa shape index (κ2) is 6.18. The molecule has 2 aromatic carbocycles. The third-order valence-corrected chi connectivity index (χ3v) is 2.86. The summed E-state index contributed by atoms with van der Waals surface area (Å²) in [7, 11) is 0. The second-order valence-corrected chi connectivity index (χ2v) is 4.56. The van der Waals surface area contributed by atoms with Crippen molar-refractivity contribution in [2.45, 2.75) is 19.4 Å². The second-order valence-electron chi connectivity index (χ2n) is 4.56. The van der Waals surface area contributed by atoms with Crippen LogP contribution in [0.4, 0.5) is 0 Å². The molecule has 0 aliphatic rings. The Hall–Kier alpha value is -1.86. The van der Waals surface area contributed by atoms with Crippen molar-refractivity contribution in [1.29, 1.82) is 0 Å². The number of hydrogen-bond donors (Lipinski definition) is 1. The van der Waals surface area contributed by atoms with E-state index in [2.05, 4.69) is 54.6 Å². The normalized spacial score (nSPS) is 11.9. The van der Waals surface area contributed by atoms with E-state index in [0.717, 1.165) is 6.42 Å². The first kappa shape index (κ1) is 12.6. The molecule has 0 saturated heterocycles. The van der Waals surface area contributed by atoms with Crippen molar-refractivity contribution in [2.24, 2.45) is 5.73 Å². The maximum atomic E-state index is 5.85. The molecule has 0 saturated carbocycles. The Morgan fingerprint density at radius 3 is 1.78 bits per heavy atom. The average Bonchev–Trinajstić information content (AvgIpc) is 2.41. The lowest BCUT2D eigenvalue weighted by atomic mass is 9.96. The topological polar surface area (TPSA) is 26.0 Å². The number of hydrogen-bond acceptors (Lipinski definition) is 1. The van der Waals surface area contributed by atoms with Crippen LogP contribution in [0.5, 0.6) is 0 Å². The van der Waals surface area contributed by atoms with Gasteiger partial charge in [0.2, 0.25) is 0 Å². The lowest BCUT2D eigenvalue weighted by molar-refractivity contribution is 0.758. The predicted octanol–water partition coefficient (Wildman–Crippen LogP) is 3.86. The summed E-state index contributed by atoms with van der Waals surface area (Å²) in [4.78, 5) is 0. The van der Waals surface area contributed by atoms with Gasteiger partial charge in [-0.3, -0.25) is 0 Å². The highest BCUT2D eigenvalue weighted by Crippen LogP contribution is 2.23. The summed E-state index contributed by atoms with van der Waals surface area (Å²) in [5.74, 6) is 0. The van der Waals surface area contributed by atoms with E-state index < -0.39 is 0 Å². The lowest BCUT2D eigenvalue weighted by Gasteiger charge is -2.09. The van der Waals surface area contributed by atoms with Gasteiger partial charge in [-0.2, -0.15) is 0 Å². The van der Waals surface area contributed by atoms with E-state index in [1.165, 1.54) is 16.7 Å². The first-order chi connectivity index (χ1) is 8.77. The van der Waals surface area contributed by atoms with Crippen molar-refractivity contribution in [1.82, 2.24) is 0 Å². The largest absolute Gasteiger partial charge is 0.328 e. The molecule has 0 radical (unpaired) electrons. The summed E-state index contributed by atoms with van der Waals surface area (Å²) >= 11 is 0. The van der Waals surface area contributed by atoms with Crippen LogP contribution in [0.1, 0.15) is 24.5 Å². The zero-order chi connectivity index (χ0) is 12.8. The van der Waals surface area contributed by atoms with Crippen molar-refractivity contribution in [3.8, 4) is 0 Å². The standard InChI is InChI=1S/C17H19N/c1-14(18)12-13-17(15-8-4-2-5-9-15)16-10-6-3-7-11-16/h2-11,13-14H,12,18H2,1H3. The van der Waals surface area contributed by atoms with Gasteiger partial charge >= 0.3 is 0 Å². The predicted molar refractivity (Wildman–Crippen MR) is 78.2 cm³/mol. The van der Waals surface area contributed by atoms with E-state index in [9.17, 15) is 0 Å². The fourth-order valence-electron chi connectivity index (χ4n) is 1.94. The summed E-state index contributed by atoms with van der Waals surface area (Å²) in [6, 6.07) is 21.1. The minimum atomic E-state index is 0.187. The molecule has 0 aliphatic heterocycles. The molecule has 0 aromatic heterocycles. The Morgan fingerprint density at radius 1 is 0.944 bits per heavy atom. The summed E-state index contributed by atoms with van der Waals surface area (Å²) < 4.78 is 0. The van der Waals surface area contributed by atoms with Gasteiger partial charge in [0.15, 0.2) is 0 Å². The van der Waals surface area contributed by atoms with Gasteiger partial charge in [-0.15, -0.1) is 0 Å². The lowest BCUT2D eigenvalue weighted by Crippen LogP contribution is -2.13. The molecule has 0 fully saturated rings. The first-order valence-corrected chi connectivity index (χ1v) is 6.34. The molecule has 0 aliphatic carbocycles. The van der Waals surface area contributed by atoms with Gasteiger partial charge in [0, 0.05) is 6.04 Å². The molecular weight excluding hydrogens is 218 g/mol. The van der Waals surface area contributed by atoms with Crippen LogP contribution in [0, 0.1) is 0 Å². The van der Waals surface area contributed by atoms with Crippen LogP contribution < -0.4 is 5.73 Å². The zero-order valence-corrected chi connectivity index (χ0v) is 10.7. The van der Waals surface area contributed by atoms with Crippen molar-refractivity contribution in [3.05, 3.63) is 77.9 Å². The van der Waals surface area contributed by atoms with Crippen molar-refractivity contribution in [3.63, 3.8) is 0 Å². The third kappa shape index (κ3) is 3.31. The number of nitrogens with two attached hydrogens (primary N) is 1. The van der Waals surface area contributed by atoms with Crippen LogP contribution >= 0.6 is 0 Å². The highest BCUT2D eigenvalue weighted by Gasteiger charge is 2.04. The van der Waals surface area contributed by atoms with Crippen LogP contribution in [0.2, 0.25) is 0 Å². The molecule has 0 spiro atoms. The molecule has 0 heterocycles. The van der Waals surface area contributed by atoms with Crippen LogP contribution in [0.25, 0.3) is 5.57 Å². The van der Waals surface area contributed by atoms with E-state index in [0.29, 0.717) is 0 Å². The third-order valence-electron chi connectivity index (χ3n) is 2.86. The Balaban J connectivity index is 2.39.